The molecule has 0 saturated carbocycles. The van der Waals surface area contributed by atoms with E-state index in [1.165, 1.54) is 11.8 Å². The molecule has 0 unspecified atom stereocenters. The van der Waals surface area contributed by atoms with Gasteiger partial charge in [-0.2, -0.15) is 0 Å². The Morgan fingerprint density at radius 1 is 0.971 bits per heavy atom. The van der Waals surface area contributed by atoms with E-state index in [0.29, 0.717) is 34.6 Å². The zero-order valence-corrected chi connectivity index (χ0v) is 20.1. The predicted octanol–water partition coefficient (Wildman–Crippen LogP) is 5.66. The summed E-state index contributed by atoms with van der Waals surface area (Å²) in [7, 11) is 1.64. The lowest BCUT2D eigenvalue weighted by Gasteiger charge is -2.13. The maximum absolute atomic E-state index is 12.4. The zero-order chi connectivity index (χ0) is 23.8. The summed E-state index contributed by atoms with van der Waals surface area (Å²) >= 11 is 7.61. The van der Waals surface area contributed by atoms with Crippen LogP contribution in [0.1, 0.15) is 12.2 Å². The Balaban J connectivity index is 1.45. The number of anilines is 2. The number of amides is 1. The molecule has 0 spiro atoms. The quantitative estimate of drug-likeness (QED) is 0.277. The van der Waals surface area contributed by atoms with Crippen molar-refractivity contribution in [1.29, 1.82) is 0 Å². The van der Waals surface area contributed by atoms with Gasteiger partial charge in [0.2, 0.25) is 5.91 Å². The fourth-order valence-electron chi connectivity index (χ4n) is 3.32. The van der Waals surface area contributed by atoms with E-state index in [1.807, 2.05) is 71.3 Å². The lowest BCUT2D eigenvalue weighted by Crippen LogP contribution is -2.13. The zero-order valence-electron chi connectivity index (χ0n) is 18.6. The van der Waals surface area contributed by atoms with Crippen LogP contribution in [0.3, 0.4) is 0 Å². The number of thioether (sulfide) groups is 1. The summed E-state index contributed by atoms with van der Waals surface area (Å²) in [5.41, 5.74) is 2.43. The fourth-order valence-corrected chi connectivity index (χ4v) is 4.41. The van der Waals surface area contributed by atoms with Crippen molar-refractivity contribution >= 4 is 40.6 Å². The summed E-state index contributed by atoms with van der Waals surface area (Å²) in [6.45, 7) is 0.454. The molecule has 3 aromatic carbocycles. The number of nitrogens with zero attached hydrogens (tertiary/aromatic N) is 3. The molecule has 34 heavy (non-hydrogen) atoms. The molecule has 0 radical (unpaired) electrons. The summed E-state index contributed by atoms with van der Waals surface area (Å²) in [4.78, 5) is 12.4. The van der Waals surface area contributed by atoms with Gasteiger partial charge < -0.3 is 15.4 Å². The molecule has 4 aromatic rings. The van der Waals surface area contributed by atoms with Crippen molar-refractivity contribution in [2.75, 3.05) is 23.5 Å². The van der Waals surface area contributed by atoms with Gasteiger partial charge >= 0.3 is 0 Å². The molecule has 0 atom stereocenters. The molecular weight excluding hydrogens is 470 g/mol. The van der Waals surface area contributed by atoms with Crippen LogP contribution in [0.5, 0.6) is 5.75 Å². The van der Waals surface area contributed by atoms with E-state index >= 15 is 0 Å². The Kier molecular flexibility index (Phi) is 8.06. The van der Waals surface area contributed by atoms with Gasteiger partial charge in [-0.15, -0.1) is 10.2 Å². The van der Waals surface area contributed by atoms with E-state index in [0.717, 1.165) is 22.9 Å². The Morgan fingerprint density at radius 3 is 2.44 bits per heavy atom. The maximum Gasteiger partial charge on any atom is 0.225 e. The van der Waals surface area contributed by atoms with E-state index in [2.05, 4.69) is 20.8 Å². The molecule has 0 fully saturated rings. The molecule has 2 N–H and O–H groups in total. The van der Waals surface area contributed by atoms with Crippen LogP contribution in [-0.2, 0) is 11.3 Å². The molecule has 0 bridgehead atoms. The first-order valence-electron chi connectivity index (χ1n) is 10.7. The third kappa shape index (κ3) is 5.89. The summed E-state index contributed by atoms with van der Waals surface area (Å²) in [5.74, 6) is 1.94. The van der Waals surface area contributed by atoms with Gasteiger partial charge in [-0.1, -0.05) is 65.8 Å². The van der Waals surface area contributed by atoms with E-state index < -0.39 is 0 Å². The SMILES string of the molecule is COc1ccccc1NCc1nnc(SCCC(=O)Nc2ccccc2Cl)n1-c1ccccc1. The highest BCUT2D eigenvalue weighted by molar-refractivity contribution is 7.99. The summed E-state index contributed by atoms with van der Waals surface area (Å²) in [5, 5.41) is 16.3. The third-order valence-electron chi connectivity index (χ3n) is 4.97. The first-order valence-corrected chi connectivity index (χ1v) is 12.1. The Morgan fingerprint density at radius 2 is 1.68 bits per heavy atom. The van der Waals surface area contributed by atoms with Crippen LogP contribution >= 0.6 is 23.4 Å². The number of halogens is 1. The van der Waals surface area contributed by atoms with E-state index in [4.69, 9.17) is 16.3 Å². The average Bonchev–Trinajstić information content (AvgIpc) is 3.27. The number of rotatable bonds is 10. The standard InChI is InChI=1S/C25H24ClN5O2S/c1-33-22-14-8-7-13-21(22)27-17-23-29-30-25(31(23)18-9-3-2-4-10-18)34-16-15-24(32)28-20-12-6-5-11-19(20)26/h2-14,27H,15-17H2,1H3,(H,28,32). The van der Waals surface area contributed by atoms with Gasteiger partial charge in [-0.3, -0.25) is 9.36 Å². The highest BCUT2D eigenvalue weighted by Crippen LogP contribution is 2.26. The van der Waals surface area contributed by atoms with Crippen molar-refractivity contribution in [3.8, 4) is 11.4 Å². The van der Waals surface area contributed by atoms with Crippen LogP contribution in [0.15, 0.2) is 84.0 Å². The van der Waals surface area contributed by atoms with Gasteiger partial charge in [0.1, 0.15) is 5.75 Å². The second-order valence-electron chi connectivity index (χ2n) is 7.25. The molecule has 1 heterocycles. The lowest BCUT2D eigenvalue weighted by atomic mass is 10.3. The van der Waals surface area contributed by atoms with Gasteiger partial charge in [-0.05, 0) is 36.4 Å². The Labute approximate surface area is 207 Å². The first kappa shape index (κ1) is 23.7. The molecule has 1 amide bonds. The molecule has 0 aliphatic heterocycles. The number of nitrogens with one attached hydrogen (secondary N) is 2. The van der Waals surface area contributed by atoms with Gasteiger partial charge in [-0.25, -0.2) is 0 Å². The molecule has 0 aliphatic carbocycles. The molecule has 0 saturated heterocycles. The smallest absolute Gasteiger partial charge is 0.225 e. The summed E-state index contributed by atoms with van der Waals surface area (Å²) < 4.78 is 7.42. The van der Waals surface area contributed by atoms with Crippen molar-refractivity contribution in [3.63, 3.8) is 0 Å². The largest absolute Gasteiger partial charge is 0.495 e. The van der Waals surface area contributed by atoms with Crippen LogP contribution in [0.2, 0.25) is 5.02 Å². The highest BCUT2D eigenvalue weighted by Gasteiger charge is 2.16. The minimum absolute atomic E-state index is 0.107. The molecule has 1 aromatic heterocycles. The second kappa shape index (κ2) is 11.6. The maximum atomic E-state index is 12.4. The molecular formula is C25H24ClN5O2S. The number of methoxy groups -OCH3 is 1. The van der Waals surface area contributed by atoms with Crippen LogP contribution in [0.25, 0.3) is 5.69 Å². The number of hydrogen-bond acceptors (Lipinski definition) is 6. The third-order valence-corrected chi connectivity index (χ3v) is 6.23. The first-order chi connectivity index (χ1) is 16.7. The number of carbonyl (C=O) groups is 1. The number of carbonyl (C=O) groups excluding carboxylic acids is 1. The number of benzene rings is 3. The molecule has 7 nitrogen and oxygen atoms in total. The van der Waals surface area contributed by atoms with Gasteiger partial charge in [0, 0.05) is 17.9 Å². The lowest BCUT2D eigenvalue weighted by molar-refractivity contribution is -0.115. The number of aromatic nitrogens is 3. The van der Waals surface area contributed by atoms with E-state index in [1.54, 1.807) is 19.2 Å². The van der Waals surface area contributed by atoms with Crippen LogP contribution < -0.4 is 15.4 Å². The normalized spacial score (nSPS) is 10.6. The second-order valence-corrected chi connectivity index (χ2v) is 8.72. The van der Waals surface area contributed by atoms with Gasteiger partial charge in [0.15, 0.2) is 11.0 Å². The summed E-state index contributed by atoms with van der Waals surface area (Å²) in [6, 6.07) is 24.8. The van der Waals surface area contributed by atoms with Crippen molar-refractivity contribution in [1.82, 2.24) is 14.8 Å². The van der Waals surface area contributed by atoms with E-state index in [9.17, 15) is 4.79 Å². The topological polar surface area (TPSA) is 81.1 Å². The summed E-state index contributed by atoms with van der Waals surface area (Å²) in [6.07, 6.45) is 0.312. The van der Waals surface area contributed by atoms with Crippen LogP contribution in [-0.4, -0.2) is 33.5 Å². The average molecular weight is 494 g/mol. The molecule has 4 rings (SSSR count). The number of ether oxygens (including phenoxy) is 1. The van der Waals surface area contributed by atoms with E-state index in [-0.39, 0.29) is 5.91 Å². The minimum Gasteiger partial charge on any atom is -0.495 e. The fraction of sp³-hybridized carbons (Fsp3) is 0.160. The van der Waals surface area contributed by atoms with Gasteiger partial charge in [0.05, 0.1) is 30.1 Å². The van der Waals surface area contributed by atoms with Gasteiger partial charge in [0.25, 0.3) is 0 Å². The Hall–Kier alpha value is -3.49. The molecule has 9 heteroatoms. The van der Waals surface area contributed by atoms with Crippen LogP contribution in [0, 0.1) is 0 Å². The minimum atomic E-state index is -0.107. The van der Waals surface area contributed by atoms with Crippen molar-refractivity contribution in [3.05, 3.63) is 89.7 Å². The monoisotopic (exact) mass is 493 g/mol. The van der Waals surface area contributed by atoms with Crippen molar-refractivity contribution in [2.24, 2.45) is 0 Å². The number of para-hydroxylation sites is 4. The highest BCUT2D eigenvalue weighted by atomic mass is 35.5. The molecule has 174 valence electrons. The Bertz CT molecular complexity index is 1250. The number of hydrogen-bond donors (Lipinski definition) is 2. The van der Waals surface area contributed by atoms with Crippen molar-refractivity contribution < 1.29 is 9.53 Å². The van der Waals surface area contributed by atoms with Crippen LogP contribution in [0.4, 0.5) is 11.4 Å². The van der Waals surface area contributed by atoms with Crippen molar-refractivity contribution in [2.45, 2.75) is 18.1 Å². The predicted molar refractivity (Wildman–Crippen MR) is 137 cm³/mol. The molecule has 0 aliphatic rings.